The lowest BCUT2D eigenvalue weighted by Gasteiger charge is -2.25. The molecule has 0 aliphatic carbocycles. The van der Waals surface area contributed by atoms with Crippen LogP contribution in [0.2, 0.25) is 5.02 Å². The van der Waals surface area contributed by atoms with Gasteiger partial charge in [-0.3, -0.25) is 14.5 Å². The summed E-state index contributed by atoms with van der Waals surface area (Å²) in [7, 11) is 1.49. The molecule has 8 heteroatoms. The molecular weight excluding hydrogens is 426 g/mol. The van der Waals surface area contributed by atoms with Gasteiger partial charge in [-0.2, -0.15) is 0 Å². The Balaban J connectivity index is 1.95. The number of phenols is 1. The van der Waals surface area contributed by atoms with E-state index in [1.54, 1.807) is 41.8 Å². The van der Waals surface area contributed by atoms with Crippen molar-refractivity contribution in [3.05, 3.63) is 81.0 Å². The quantitative estimate of drug-likeness (QED) is 0.347. The van der Waals surface area contributed by atoms with Gasteiger partial charge in [0.05, 0.1) is 18.4 Å². The Morgan fingerprint density at radius 1 is 1.13 bits per heavy atom. The number of Topliss-reactive ketones (excluding diaryl/α,β-unsaturated/α-hetero) is 1. The maximum atomic E-state index is 13.0. The third-order valence-electron chi connectivity index (χ3n) is 4.80. The van der Waals surface area contributed by atoms with E-state index in [2.05, 4.69) is 0 Å². The summed E-state index contributed by atoms with van der Waals surface area (Å²) < 4.78 is 5.19. The van der Waals surface area contributed by atoms with E-state index in [4.69, 9.17) is 16.3 Å². The second-order valence-electron chi connectivity index (χ2n) is 6.55. The van der Waals surface area contributed by atoms with Gasteiger partial charge in [0.25, 0.3) is 11.7 Å². The molecule has 3 aromatic rings. The Hall–Kier alpha value is -3.29. The highest BCUT2D eigenvalue weighted by atomic mass is 35.5. The zero-order chi connectivity index (χ0) is 21.4. The smallest absolute Gasteiger partial charge is 0.300 e. The molecule has 1 saturated heterocycles. The first-order chi connectivity index (χ1) is 14.4. The molecule has 2 aromatic carbocycles. The molecule has 6 nitrogen and oxygen atoms in total. The van der Waals surface area contributed by atoms with Crippen LogP contribution in [0.5, 0.6) is 11.5 Å². The minimum atomic E-state index is -0.916. The molecule has 152 valence electrons. The number of nitrogens with zero attached hydrogens (tertiary/aromatic N) is 1. The number of carbonyl (C=O) groups excluding carboxylic acids is 2. The summed E-state index contributed by atoms with van der Waals surface area (Å²) in [5.41, 5.74) is 0.354. The van der Waals surface area contributed by atoms with E-state index in [0.29, 0.717) is 21.2 Å². The van der Waals surface area contributed by atoms with Crippen LogP contribution in [0.15, 0.2) is 65.6 Å². The van der Waals surface area contributed by atoms with Crippen LogP contribution in [0.1, 0.15) is 16.5 Å². The highest BCUT2D eigenvalue weighted by Gasteiger charge is 2.48. The first-order valence-corrected chi connectivity index (χ1v) is 10.2. The fraction of sp³-hybridized carbons (Fsp3) is 0.0909. The van der Waals surface area contributed by atoms with Crippen molar-refractivity contribution in [1.29, 1.82) is 0 Å². The number of ether oxygens (including phenoxy) is 1. The van der Waals surface area contributed by atoms with Gasteiger partial charge in [0, 0.05) is 15.5 Å². The average molecular weight is 442 g/mol. The molecule has 0 bridgehead atoms. The highest BCUT2D eigenvalue weighted by Crippen LogP contribution is 2.46. The molecule has 1 atom stereocenters. The number of methoxy groups -OCH3 is 1. The van der Waals surface area contributed by atoms with E-state index < -0.39 is 17.7 Å². The number of aromatic hydroxyl groups is 1. The number of carbonyl (C=O) groups is 2. The van der Waals surface area contributed by atoms with Crippen LogP contribution in [0, 0.1) is 0 Å². The Morgan fingerprint density at radius 2 is 1.93 bits per heavy atom. The van der Waals surface area contributed by atoms with Gasteiger partial charge in [0.1, 0.15) is 23.3 Å². The molecule has 0 spiro atoms. The molecule has 2 N–H and O–H groups in total. The fourth-order valence-electron chi connectivity index (χ4n) is 3.41. The number of amides is 1. The van der Waals surface area contributed by atoms with E-state index in [9.17, 15) is 19.8 Å². The van der Waals surface area contributed by atoms with E-state index in [-0.39, 0.29) is 22.8 Å². The van der Waals surface area contributed by atoms with Crippen molar-refractivity contribution in [3.63, 3.8) is 0 Å². The van der Waals surface area contributed by atoms with Crippen molar-refractivity contribution < 1.29 is 24.5 Å². The molecule has 1 aromatic heterocycles. The van der Waals surface area contributed by atoms with E-state index in [1.807, 2.05) is 0 Å². The number of anilines is 1. The summed E-state index contributed by atoms with van der Waals surface area (Å²) in [5, 5.41) is 23.5. The van der Waals surface area contributed by atoms with Crippen LogP contribution >= 0.6 is 22.9 Å². The van der Waals surface area contributed by atoms with Gasteiger partial charge in [0.15, 0.2) is 0 Å². The Morgan fingerprint density at radius 3 is 2.63 bits per heavy atom. The number of aliphatic hydroxyl groups is 1. The van der Waals surface area contributed by atoms with Crippen molar-refractivity contribution in [2.75, 3.05) is 12.0 Å². The molecule has 1 aliphatic heterocycles. The second kappa shape index (κ2) is 7.85. The summed E-state index contributed by atoms with van der Waals surface area (Å²) in [6.07, 6.45) is 0. The van der Waals surface area contributed by atoms with Crippen LogP contribution in [-0.2, 0) is 9.59 Å². The number of benzene rings is 2. The lowest BCUT2D eigenvalue weighted by atomic mass is 9.99. The maximum Gasteiger partial charge on any atom is 0.300 e. The van der Waals surface area contributed by atoms with Crippen LogP contribution in [0.4, 0.5) is 5.69 Å². The minimum Gasteiger partial charge on any atom is -0.507 e. The van der Waals surface area contributed by atoms with Gasteiger partial charge in [-0.1, -0.05) is 29.8 Å². The normalized spacial score (nSPS) is 18.1. The summed E-state index contributed by atoms with van der Waals surface area (Å²) in [4.78, 5) is 27.8. The molecule has 30 heavy (non-hydrogen) atoms. The van der Waals surface area contributed by atoms with Crippen LogP contribution in [0.3, 0.4) is 0 Å². The Bertz CT molecular complexity index is 1170. The maximum absolute atomic E-state index is 13.0. The Labute approximate surface area is 181 Å². The topological polar surface area (TPSA) is 87.1 Å². The van der Waals surface area contributed by atoms with Crippen molar-refractivity contribution >= 4 is 46.1 Å². The van der Waals surface area contributed by atoms with Gasteiger partial charge >= 0.3 is 0 Å². The van der Waals surface area contributed by atoms with Crippen LogP contribution in [0.25, 0.3) is 5.76 Å². The zero-order valence-corrected chi connectivity index (χ0v) is 17.3. The number of hydrogen-bond acceptors (Lipinski definition) is 6. The number of hydrogen-bond donors (Lipinski definition) is 2. The molecule has 4 rings (SSSR count). The van der Waals surface area contributed by atoms with E-state index in [1.165, 1.54) is 41.5 Å². The van der Waals surface area contributed by atoms with Crippen molar-refractivity contribution in [2.45, 2.75) is 6.04 Å². The van der Waals surface area contributed by atoms with E-state index >= 15 is 0 Å². The molecule has 0 saturated carbocycles. The van der Waals surface area contributed by atoms with Gasteiger partial charge < -0.3 is 14.9 Å². The number of halogens is 1. The largest absolute Gasteiger partial charge is 0.507 e. The van der Waals surface area contributed by atoms with Crippen molar-refractivity contribution in [2.24, 2.45) is 0 Å². The monoisotopic (exact) mass is 441 g/mol. The number of rotatable bonds is 4. The summed E-state index contributed by atoms with van der Waals surface area (Å²) in [6, 6.07) is 13.4. The Kier molecular flexibility index (Phi) is 5.24. The second-order valence-corrected chi connectivity index (χ2v) is 7.97. The highest BCUT2D eigenvalue weighted by molar-refractivity contribution is 7.10. The molecule has 2 heterocycles. The minimum absolute atomic E-state index is 0.0740. The molecule has 0 radical (unpaired) electrons. The lowest BCUT2D eigenvalue weighted by molar-refractivity contribution is -0.132. The number of phenolic OH excluding ortho intramolecular Hbond substituents is 1. The summed E-state index contributed by atoms with van der Waals surface area (Å²) in [6.45, 7) is 0. The first kappa shape index (κ1) is 20.0. The standard InChI is InChI=1S/C22H16ClNO5S/c1-29-14-5-2-4-12(10-14)20(26)18-19(17-6-3-9-30-17)24(22(28)21(18)27)15-11-13(23)7-8-16(15)25/h2-11,19,25-26H,1H3/b20-18-. The third kappa shape index (κ3) is 3.32. The third-order valence-corrected chi connectivity index (χ3v) is 5.96. The first-order valence-electron chi connectivity index (χ1n) is 8.89. The van der Waals surface area contributed by atoms with Gasteiger partial charge in [-0.05, 0) is 41.8 Å². The predicted molar refractivity (Wildman–Crippen MR) is 115 cm³/mol. The van der Waals surface area contributed by atoms with Crippen molar-refractivity contribution in [1.82, 2.24) is 0 Å². The SMILES string of the molecule is COc1cccc(/C(O)=C2/C(=O)C(=O)N(c3cc(Cl)ccc3O)C2c2cccs2)c1. The number of aliphatic hydroxyl groups excluding tert-OH is 1. The summed E-state index contributed by atoms with van der Waals surface area (Å²) in [5.74, 6) is -1.75. The van der Waals surface area contributed by atoms with Gasteiger partial charge in [-0.25, -0.2) is 0 Å². The summed E-state index contributed by atoms with van der Waals surface area (Å²) >= 11 is 7.40. The lowest BCUT2D eigenvalue weighted by Crippen LogP contribution is -2.29. The molecule has 1 unspecified atom stereocenters. The fourth-order valence-corrected chi connectivity index (χ4v) is 4.40. The number of ketones is 1. The number of thiophene rings is 1. The average Bonchev–Trinajstić information content (AvgIpc) is 3.37. The molecular formula is C22H16ClNO5S. The van der Waals surface area contributed by atoms with E-state index in [0.717, 1.165) is 0 Å². The van der Waals surface area contributed by atoms with Gasteiger partial charge in [0.2, 0.25) is 0 Å². The molecule has 1 amide bonds. The predicted octanol–water partition coefficient (Wildman–Crippen LogP) is 4.74. The van der Waals surface area contributed by atoms with Gasteiger partial charge in [-0.15, -0.1) is 11.3 Å². The zero-order valence-electron chi connectivity index (χ0n) is 15.7. The molecule has 1 aliphatic rings. The molecule has 1 fully saturated rings. The van der Waals surface area contributed by atoms with Crippen LogP contribution in [-0.4, -0.2) is 29.0 Å². The van der Waals surface area contributed by atoms with Crippen molar-refractivity contribution in [3.8, 4) is 11.5 Å². The van der Waals surface area contributed by atoms with Crippen LogP contribution < -0.4 is 9.64 Å².